The number of rotatable bonds is 5. The van der Waals surface area contributed by atoms with E-state index in [4.69, 9.17) is 0 Å². The highest BCUT2D eigenvalue weighted by atomic mass is 16.2. The zero-order chi connectivity index (χ0) is 20.7. The molecular weight excluding hydrogens is 372 g/mol. The van der Waals surface area contributed by atoms with Crippen molar-refractivity contribution in [3.05, 3.63) is 36.4 Å². The highest BCUT2D eigenvalue weighted by molar-refractivity contribution is 6.09. The first-order chi connectivity index (χ1) is 13.8. The average molecular weight is 396 g/mol. The Morgan fingerprint density at radius 2 is 1.62 bits per heavy atom. The lowest BCUT2D eigenvalue weighted by atomic mass is 9.85. The van der Waals surface area contributed by atoms with Crippen LogP contribution in [0.2, 0.25) is 0 Å². The summed E-state index contributed by atoms with van der Waals surface area (Å²) in [6.07, 6.45) is 4.90. The second-order valence-electron chi connectivity index (χ2n) is 8.14. The van der Waals surface area contributed by atoms with Gasteiger partial charge >= 0.3 is 6.03 Å². The van der Waals surface area contributed by atoms with Gasteiger partial charge in [0.05, 0.1) is 11.8 Å². The van der Waals surface area contributed by atoms with Crippen molar-refractivity contribution < 1.29 is 19.2 Å². The van der Waals surface area contributed by atoms with Crippen LogP contribution in [-0.2, 0) is 14.4 Å². The first-order valence-electron chi connectivity index (χ1n) is 9.84. The van der Waals surface area contributed by atoms with Crippen molar-refractivity contribution in [2.45, 2.75) is 26.3 Å². The van der Waals surface area contributed by atoms with Crippen molar-refractivity contribution in [2.24, 2.45) is 23.7 Å². The monoisotopic (exact) mass is 396 g/mol. The maximum Gasteiger partial charge on any atom is 0.319 e. The molecule has 1 aromatic rings. The number of amides is 5. The van der Waals surface area contributed by atoms with E-state index in [-0.39, 0.29) is 54.1 Å². The number of hydrogen-bond donors (Lipinski definition) is 3. The molecule has 4 rings (SSSR count). The number of allylic oxidation sites excluding steroid dienone is 2. The molecule has 1 aromatic carbocycles. The van der Waals surface area contributed by atoms with E-state index >= 15 is 0 Å². The van der Waals surface area contributed by atoms with Gasteiger partial charge in [0, 0.05) is 17.4 Å². The number of carbonyl (C=O) groups excluding carboxylic acids is 4. The molecule has 3 aliphatic rings. The van der Waals surface area contributed by atoms with Gasteiger partial charge in [-0.3, -0.25) is 19.3 Å². The number of likely N-dealkylation sites (tertiary alicyclic amines) is 1. The zero-order valence-corrected chi connectivity index (χ0v) is 16.3. The molecule has 4 atom stereocenters. The molecule has 1 saturated heterocycles. The Labute approximate surface area is 168 Å². The van der Waals surface area contributed by atoms with Gasteiger partial charge in [-0.2, -0.15) is 0 Å². The fraction of sp³-hybridized carbons (Fsp3) is 0.429. The Morgan fingerprint density at radius 1 is 1.03 bits per heavy atom. The van der Waals surface area contributed by atoms with Crippen molar-refractivity contribution in [1.29, 1.82) is 0 Å². The van der Waals surface area contributed by atoms with Gasteiger partial charge in [-0.1, -0.05) is 18.2 Å². The average Bonchev–Trinajstić information content (AvgIpc) is 3.31. The van der Waals surface area contributed by atoms with Crippen LogP contribution in [0.3, 0.4) is 0 Å². The second kappa shape index (κ2) is 7.35. The summed E-state index contributed by atoms with van der Waals surface area (Å²) in [6, 6.07) is 6.35. The molecule has 2 bridgehead atoms. The minimum absolute atomic E-state index is 0.00153. The Hall–Kier alpha value is -3.16. The lowest BCUT2D eigenvalue weighted by Crippen LogP contribution is -2.39. The summed E-state index contributed by atoms with van der Waals surface area (Å²) in [5.41, 5.74) is 0.991. The molecule has 0 spiro atoms. The van der Waals surface area contributed by atoms with E-state index in [1.54, 1.807) is 24.3 Å². The molecule has 8 heteroatoms. The molecule has 3 N–H and O–H groups in total. The normalized spacial score (nSPS) is 26.8. The zero-order valence-electron chi connectivity index (χ0n) is 16.3. The molecule has 8 nitrogen and oxygen atoms in total. The first kappa shape index (κ1) is 19.2. The summed E-state index contributed by atoms with van der Waals surface area (Å²) in [4.78, 5) is 50.7. The predicted molar refractivity (Wildman–Crippen MR) is 107 cm³/mol. The smallest absolute Gasteiger partial charge is 0.319 e. The van der Waals surface area contributed by atoms with E-state index in [0.717, 1.165) is 11.3 Å². The molecule has 1 aliphatic heterocycles. The van der Waals surface area contributed by atoms with Gasteiger partial charge in [0.2, 0.25) is 17.7 Å². The molecule has 1 heterocycles. The van der Waals surface area contributed by atoms with Gasteiger partial charge in [0.15, 0.2) is 0 Å². The van der Waals surface area contributed by atoms with Gasteiger partial charge in [0.25, 0.3) is 0 Å². The van der Waals surface area contributed by atoms with Gasteiger partial charge in [-0.15, -0.1) is 0 Å². The quantitative estimate of drug-likeness (QED) is 0.522. The lowest BCUT2D eigenvalue weighted by molar-refractivity contribution is -0.143. The molecule has 29 heavy (non-hydrogen) atoms. The maximum atomic E-state index is 12.7. The van der Waals surface area contributed by atoms with Gasteiger partial charge < -0.3 is 16.0 Å². The third-order valence-corrected chi connectivity index (χ3v) is 5.69. The van der Waals surface area contributed by atoms with Crippen molar-refractivity contribution in [2.75, 3.05) is 17.2 Å². The van der Waals surface area contributed by atoms with Crippen LogP contribution in [0.25, 0.3) is 0 Å². The van der Waals surface area contributed by atoms with Crippen LogP contribution in [0, 0.1) is 23.7 Å². The summed E-state index contributed by atoms with van der Waals surface area (Å²) in [5.74, 6) is -1.31. The van der Waals surface area contributed by atoms with E-state index in [2.05, 4.69) is 16.0 Å². The summed E-state index contributed by atoms with van der Waals surface area (Å²) in [6.45, 7) is 3.41. The van der Waals surface area contributed by atoms with Crippen LogP contribution in [0.15, 0.2) is 36.4 Å². The molecule has 1 saturated carbocycles. The van der Waals surface area contributed by atoms with E-state index < -0.39 is 5.91 Å². The number of nitrogens with one attached hydrogen (secondary N) is 3. The van der Waals surface area contributed by atoms with Crippen LogP contribution in [0.1, 0.15) is 20.3 Å². The molecule has 152 valence electrons. The Kier molecular flexibility index (Phi) is 4.86. The third kappa shape index (κ3) is 3.62. The minimum Gasteiger partial charge on any atom is -0.336 e. The predicted octanol–water partition coefficient (Wildman–Crippen LogP) is 1.96. The number of nitrogens with zero attached hydrogens (tertiary/aromatic N) is 1. The maximum absolute atomic E-state index is 12.7. The summed E-state index contributed by atoms with van der Waals surface area (Å²) < 4.78 is 0. The summed E-state index contributed by atoms with van der Waals surface area (Å²) >= 11 is 0. The van der Waals surface area contributed by atoms with E-state index in [1.165, 1.54) is 0 Å². The second-order valence-corrected chi connectivity index (χ2v) is 8.14. The Balaban J connectivity index is 1.37. The van der Waals surface area contributed by atoms with E-state index in [0.29, 0.717) is 11.4 Å². The molecule has 5 amide bonds. The Bertz CT molecular complexity index is 880. The fourth-order valence-corrected chi connectivity index (χ4v) is 4.57. The molecule has 2 aliphatic carbocycles. The van der Waals surface area contributed by atoms with Crippen LogP contribution in [0.5, 0.6) is 0 Å². The standard InChI is InChI=1S/C21H24N4O4/c1-11(2)22-21(29)24-15-5-3-4-14(9-15)23-16(26)10-25-19(27)17-12-6-7-13(8-12)18(17)20(25)28/h3-7,9,11-13,17-18H,8,10H2,1-2H3,(H,23,26)(H2,22,24,29)/t12-,13-,17+,18+/m0/s1. The van der Waals surface area contributed by atoms with Gasteiger partial charge in [0.1, 0.15) is 6.54 Å². The number of anilines is 2. The topological polar surface area (TPSA) is 108 Å². The summed E-state index contributed by atoms with van der Waals surface area (Å²) in [7, 11) is 0. The number of benzene rings is 1. The van der Waals surface area contributed by atoms with Crippen LogP contribution in [-0.4, -0.2) is 41.2 Å². The van der Waals surface area contributed by atoms with E-state index in [1.807, 2.05) is 26.0 Å². The highest BCUT2D eigenvalue weighted by Gasteiger charge is 2.59. The number of hydrogen-bond acceptors (Lipinski definition) is 4. The van der Waals surface area contributed by atoms with Crippen molar-refractivity contribution in [1.82, 2.24) is 10.2 Å². The van der Waals surface area contributed by atoms with Crippen molar-refractivity contribution in [3.8, 4) is 0 Å². The molecule has 0 aromatic heterocycles. The van der Waals surface area contributed by atoms with Crippen LogP contribution >= 0.6 is 0 Å². The third-order valence-electron chi connectivity index (χ3n) is 5.69. The fourth-order valence-electron chi connectivity index (χ4n) is 4.57. The SMILES string of the molecule is CC(C)NC(=O)Nc1cccc(NC(=O)CN2C(=O)[C@H]3[C@H](C2=O)[C@H]2C=C[C@H]3C2)c1. The van der Waals surface area contributed by atoms with Crippen molar-refractivity contribution >= 4 is 35.1 Å². The van der Waals surface area contributed by atoms with Crippen LogP contribution in [0.4, 0.5) is 16.2 Å². The van der Waals surface area contributed by atoms with E-state index in [9.17, 15) is 19.2 Å². The first-order valence-corrected chi connectivity index (χ1v) is 9.84. The van der Waals surface area contributed by atoms with Crippen molar-refractivity contribution in [3.63, 3.8) is 0 Å². The largest absolute Gasteiger partial charge is 0.336 e. The molecule has 0 radical (unpaired) electrons. The molecular formula is C21H24N4O4. The molecule has 0 unspecified atom stereocenters. The van der Waals surface area contributed by atoms with Gasteiger partial charge in [-0.05, 0) is 50.3 Å². The number of imide groups is 1. The Morgan fingerprint density at radius 3 is 2.21 bits per heavy atom. The summed E-state index contributed by atoms with van der Waals surface area (Å²) in [5, 5.41) is 8.10. The number of carbonyl (C=O) groups is 4. The number of urea groups is 1. The minimum atomic E-state index is -0.448. The highest BCUT2D eigenvalue weighted by Crippen LogP contribution is 2.52. The van der Waals surface area contributed by atoms with Crippen LogP contribution < -0.4 is 16.0 Å². The van der Waals surface area contributed by atoms with Gasteiger partial charge in [-0.25, -0.2) is 4.79 Å². The molecule has 2 fully saturated rings. The lowest BCUT2D eigenvalue weighted by Gasteiger charge is -2.17. The number of fused-ring (bicyclic) bond motifs is 5.